The van der Waals surface area contributed by atoms with Gasteiger partial charge in [-0.05, 0) is 37.3 Å². The lowest BCUT2D eigenvalue weighted by Gasteiger charge is -2.32. The minimum Gasteiger partial charge on any atom is -0.360 e. The lowest BCUT2D eigenvalue weighted by atomic mass is 9.76. The summed E-state index contributed by atoms with van der Waals surface area (Å²) in [6, 6.07) is 7.27. The molecule has 7 rings (SSSR count). The van der Waals surface area contributed by atoms with Crippen molar-refractivity contribution in [1.29, 1.82) is 0 Å². The average molecular weight is 430 g/mol. The Morgan fingerprint density at radius 1 is 0.875 bits per heavy atom. The number of nitrogens with zero attached hydrogens (tertiary/aromatic N) is 2. The molecule has 4 heterocycles. The molecule has 0 aromatic heterocycles. The standard InChI is InChI=1S/C25H22N2O5/c1-12-2-6-15(7-3-12)27-23(30)19-16-8-9-25(32-16,20(19)24(27)31)11-26-21(28)17-13-4-5-14(10-13)18(17)22(26)29/h2-9,13-14,16-20H,10-11H2,1H3/t13-,14-,16-,17-,18+,19-,20-,25+/m0/s1. The van der Waals surface area contributed by atoms with Crippen molar-refractivity contribution < 1.29 is 23.9 Å². The third-order valence-corrected chi connectivity index (χ3v) is 8.41. The monoisotopic (exact) mass is 430 g/mol. The van der Waals surface area contributed by atoms with Crippen LogP contribution < -0.4 is 4.90 Å². The maximum absolute atomic E-state index is 13.5. The van der Waals surface area contributed by atoms with Crippen molar-refractivity contribution in [3.8, 4) is 0 Å². The zero-order valence-electron chi connectivity index (χ0n) is 17.5. The van der Waals surface area contributed by atoms with Crippen molar-refractivity contribution in [2.24, 2.45) is 35.5 Å². The number of carbonyl (C=O) groups excluding carboxylic acids is 4. The number of hydrogen-bond acceptors (Lipinski definition) is 5. The highest BCUT2D eigenvalue weighted by Crippen LogP contribution is 2.56. The Balaban J connectivity index is 1.22. The van der Waals surface area contributed by atoms with Crippen molar-refractivity contribution in [2.45, 2.75) is 25.0 Å². The zero-order valence-corrected chi connectivity index (χ0v) is 17.5. The first-order valence-corrected chi connectivity index (χ1v) is 11.2. The third kappa shape index (κ3) is 2.05. The van der Waals surface area contributed by atoms with Gasteiger partial charge in [0, 0.05) is 0 Å². The molecule has 1 aromatic rings. The molecule has 2 aliphatic carbocycles. The highest BCUT2D eigenvalue weighted by molar-refractivity contribution is 6.23. The van der Waals surface area contributed by atoms with Gasteiger partial charge in [0.2, 0.25) is 23.6 Å². The predicted octanol–water partition coefficient (Wildman–Crippen LogP) is 1.62. The van der Waals surface area contributed by atoms with Gasteiger partial charge < -0.3 is 4.74 Å². The fraction of sp³-hybridized carbons (Fsp3) is 0.440. The van der Waals surface area contributed by atoms with E-state index in [1.807, 2.05) is 25.1 Å². The maximum Gasteiger partial charge on any atom is 0.241 e. The first kappa shape index (κ1) is 18.5. The van der Waals surface area contributed by atoms with Gasteiger partial charge in [0.1, 0.15) is 5.60 Å². The predicted molar refractivity (Wildman–Crippen MR) is 112 cm³/mol. The van der Waals surface area contributed by atoms with E-state index in [1.165, 1.54) is 9.80 Å². The molecule has 4 aliphatic heterocycles. The van der Waals surface area contributed by atoms with Crippen LogP contribution in [0.25, 0.3) is 0 Å². The van der Waals surface area contributed by atoms with Gasteiger partial charge >= 0.3 is 0 Å². The van der Waals surface area contributed by atoms with E-state index in [4.69, 9.17) is 4.74 Å². The Morgan fingerprint density at radius 3 is 2.19 bits per heavy atom. The number of anilines is 1. The minimum absolute atomic E-state index is 0.00791. The van der Waals surface area contributed by atoms with Crippen LogP contribution in [0.4, 0.5) is 5.69 Å². The van der Waals surface area contributed by atoms with Crippen LogP contribution in [0.2, 0.25) is 0 Å². The fourth-order valence-corrected chi connectivity index (χ4v) is 7.00. The van der Waals surface area contributed by atoms with Gasteiger partial charge in [-0.15, -0.1) is 0 Å². The summed E-state index contributed by atoms with van der Waals surface area (Å²) in [5, 5.41) is 0. The van der Waals surface area contributed by atoms with Crippen LogP contribution in [0.15, 0.2) is 48.6 Å². The smallest absolute Gasteiger partial charge is 0.241 e. The van der Waals surface area contributed by atoms with Crippen LogP contribution >= 0.6 is 0 Å². The Labute approximate surface area is 184 Å². The van der Waals surface area contributed by atoms with Crippen molar-refractivity contribution in [1.82, 2.24) is 4.90 Å². The number of ether oxygens (including phenoxy) is 1. The molecule has 162 valence electrons. The van der Waals surface area contributed by atoms with E-state index >= 15 is 0 Å². The summed E-state index contributed by atoms with van der Waals surface area (Å²) >= 11 is 0. The highest BCUT2D eigenvalue weighted by Gasteiger charge is 2.70. The number of fused-ring (bicyclic) bond motifs is 10. The van der Waals surface area contributed by atoms with Gasteiger partial charge in [0.05, 0.1) is 42.0 Å². The van der Waals surface area contributed by atoms with Crippen LogP contribution in [0.5, 0.6) is 0 Å². The lowest BCUT2D eigenvalue weighted by molar-refractivity contribution is -0.146. The van der Waals surface area contributed by atoms with Crippen molar-refractivity contribution in [3.63, 3.8) is 0 Å². The van der Waals surface area contributed by atoms with Crippen molar-refractivity contribution in [2.75, 3.05) is 11.4 Å². The molecule has 0 unspecified atom stereocenters. The molecule has 4 fully saturated rings. The SMILES string of the molecule is Cc1ccc(N2C(=O)[C@H]3[C@@H]4C=C[C@](CN5C(=O)[C@@H]6[C@H](C5=O)[C@H]5C=C[C@H]6C5)(O4)[C@@H]3C2=O)cc1. The molecule has 4 amide bonds. The Kier molecular flexibility index (Phi) is 3.38. The molecular weight excluding hydrogens is 408 g/mol. The third-order valence-electron chi connectivity index (χ3n) is 8.41. The first-order chi connectivity index (χ1) is 15.4. The molecule has 0 N–H and O–H groups in total. The second-order valence-corrected chi connectivity index (χ2v) is 10.0. The molecule has 0 spiro atoms. The molecule has 1 aromatic carbocycles. The van der Waals surface area contributed by atoms with Gasteiger partial charge in [-0.25, -0.2) is 4.90 Å². The zero-order chi connectivity index (χ0) is 21.9. The fourth-order valence-electron chi connectivity index (χ4n) is 7.00. The van der Waals surface area contributed by atoms with Crippen molar-refractivity contribution >= 4 is 29.3 Å². The minimum atomic E-state index is -1.14. The molecule has 7 heteroatoms. The van der Waals surface area contributed by atoms with Crippen molar-refractivity contribution in [3.05, 3.63) is 54.1 Å². The topological polar surface area (TPSA) is 84.0 Å². The normalized spacial score (nSPS) is 42.7. The number of allylic oxidation sites excluding steroid dienone is 2. The number of rotatable bonds is 3. The quantitative estimate of drug-likeness (QED) is 0.538. The summed E-state index contributed by atoms with van der Waals surface area (Å²) in [6.45, 7) is 1.94. The summed E-state index contributed by atoms with van der Waals surface area (Å²) in [5.74, 6) is -2.63. The van der Waals surface area contributed by atoms with E-state index < -0.39 is 23.5 Å². The first-order valence-electron chi connectivity index (χ1n) is 11.2. The molecule has 7 nitrogen and oxygen atoms in total. The van der Waals surface area contributed by atoms with E-state index in [-0.39, 0.29) is 53.8 Å². The van der Waals surface area contributed by atoms with E-state index in [9.17, 15) is 19.2 Å². The number of hydrogen-bond donors (Lipinski definition) is 0. The summed E-state index contributed by atoms with van der Waals surface area (Å²) in [4.78, 5) is 55.8. The average Bonchev–Trinajstić information content (AvgIpc) is 3.60. The number of imide groups is 2. The molecule has 1 saturated carbocycles. The number of benzene rings is 1. The van der Waals surface area contributed by atoms with Crippen LogP contribution in [0.1, 0.15) is 12.0 Å². The van der Waals surface area contributed by atoms with Gasteiger partial charge in [-0.2, -0.15) is 0 Å². The van der Waals surface area contributed by atoms with E-state index in [1.54, 1.807) is 18.2 Å². The Morgan fingerprint density at radius 2 is 1.53 bits per heavy atom. The molecular formula is C25H22N2O5. The summed E-state index contributed by atoms with van der Waals surface area (Å²) < 4.78 is 6.18. The molecule has 6 aliphatic rings. The number of likely N-dealkylation sites (tertiary alicyclic amines) is 1. The molecule has 8 atom stereocenters. The van der Waals surface area contributed by atoms with Gasteiger partial charge in [0.25, 0.3) is 0 Å². The second-order valence-electron chi connectivity index (χ2n) is 10.0. The van der Waals surface area contributed by atoms with Gasteiger partial charge in [-0.3, -0.25) is 24.1 Å². The van der Waals surface area contributed by atoms with Crippen LogP contribution in [0, 0.1) is 42.4 Å². The van der Waals surface area contributed by atoms with E-state index in [0.29, 0.717) is 5.69 Å². The van der Waals surface area contributed by atoms with E-state index in [2.05, 4.69) is 12.2 Å². The Hall–Kier alpha value is -3.06. The van der Waals surface area contributed by atoms with Crippen LogP contribution in [-0.2, 0) is 23.9 Å². The van der Waals surface area contributed by atoms with Crippen LogP contribution in [0.3, 0.4) is 0 Å². The number of carbonyl (C=O) groups is 4. The molecule has 4 bridgehead atoms. The van der Waals surface area contributed by atoms with E-state index in [0.717, 1.165) is 12.0 Å². The Bertz CT molecular complexity index is 1140. The molecule has 0 radical (unpaired) electrons. The highest BCUT2D eigenvalue weighted by atomic mass is 16.5. The van der Waals surface area contributed by atoms with Gasteiger partial charge in [-0.1, -0.05) is 42.0 Å². The maximum atomic E-state index is 13.5. The molecule has 32 heavy (non-hydrogen) atoms. The number of aryl methyl sites for hydroxylation is 1. The largest absolute Gasteiger partial charge is 0.360 e. The summed E-state index contributed by atoms with van der Waals surface area (Å²) in [6.07, 6.45) is 8.08. The van der Waals surface area contributed by atoms with Gasteiger partial charge in [0.15, 0.2) is 0 Å². The lowest BCUT2D eigenvalue weighted by Crippen LogP contribution is -2.51. The number of amides is 4. The summed E-state index contributed by atoms with van der Waals surface area (Å²) in [5.41, 5.74) is 0.438. The summed E-state index contributed by atoms with van der Waals surface area (Å²) in [7, 11) is 0. The molecule has 3 saturated heterocycles. The second kappa shape index (κ2) is 5.84. The van der Waals surface area contributed by atoms with Crippen LogP contribution in [-0.4, -0.2) is 46.8 Å².